The quantitative estimate of drug-likeness (QED) is 0.756. The first-order valence-electron chi connectivity index (χ1n) is 6.93. The number of nitrogens with one attached hydrogen (secondary N) is 1. The number of carbonyl (C=O) groups is 1. The van der Waals surface area contributed by atoms with Gasteiger partial charge in [-0.15, -0.1) is 0 Å². The van der Waals surface area contributed by atoms with E-state index in [0.29, 0.717) is 26.1 Å². The molecule has 6 nitrogen and oxygen atoms in total. The highest BCUT2D eigenvalue weighted by molar-refractivity contribution is 9.10. The van der Waals surface area contributed by atoms with Crippen LogP contribution < -0.4 is 14.8 Å². The summed E-state index contributed by atoms with van der Waals surface area (Å²) >= 11 is 3.42. The van der Waals surface area contributed by atoms with Crippen LogP contribution in [0.2, 0.25) is 0 Å². The van der Waals surface area contributed by atoms with Crippen molar-refractivity contribution >= 4 is 22.0 Å². The Kier molecular flexibility index (Phi) is 8.05. The predicted molar refractivity (Wildman–Crippen MR) is 88.9 cm³/mol. The van der Waals surface area contributed by atoms with Gasteiger partial charge in [0.2, 0.25) is 0 Å². The molecule has 1 rings (SSSR count). The second-order valence-corrected chi connectivity index (χ2v) is 5.77. The van der Waals surface area contributed by atoms with Crippen LogP contribution in [0.3, 0.4) is 0 Å². The third kappa shape index (κ3) is 6.11. The molecule has 0 saturated heterocycles. The van der Waals surface area contributed by atoms with E-state index in [1.165, 1.54) is 0 Å². The molecule has 1 N–H and O–H groups in total. The minimum absolute atomic E-state index is 0.369. The Morgan fingerprint density at radius 2 is 1.91 bits per heavy atom. The van der Waals surface area contributed by atoms with Crippen molar-refractivity contribution in [2.75, 3.05) is 48.0 Å². The average Bonchev–Trinajstić information content (AvgIpc) is 2.47. The van der Waals surface area contributed by atoms with Gasteiger partial charge in [0.05, 0.1) is 18.7 Å². The molecule has 0 heterocycles. The highest BCUT2D eigenvalue weighted by Crippen LogP contribution is 2.32. The topological polar surface area (TPSA) is 60.0 Å². The molecule has 0 radical (unpaired) electrons. The second-order valence-electron chi connectivity index (χ2n) is 4.91. The number of hydrogen-bond acceptors (Lipinski definition) is 5. The van der Waals surface area contributed by atoms with Crippen LogP contribution in [0.15, 0.2) is 16.6 Å². The van der Waals surface area contributed by atoms with E-state index in [1.54, 1.807) is 14.2 Å². The summed E-state index contributed by atoms with van der Waals surface area (Å²) in [6, 6.07) is 3.74. The van der Waals surface area contributed by atoms with Crippen molar-refractivity contribution in [3.05, 3.63) is 22.2 Å². The van der Waals surface area contributed by atoms with Gasteiger partial charge in [0.25, 0.3) is 0 Å². The molecule has 0 spiro atoms. The van der Waals surface area contributed by atoms with Crippen molar-refractivity contribution in [1.82, 2.24) is 10.2 Å². The minimum Gasteiger partial charge on any atom is -0.496 e. The molecule has 0 aromatic heterocycles. The zero-order chi connectivity index (χ0) is 16.5. The lowest BCUT2D eigenvalue weighted by Crippen LogP contribution is -2.29. The fourth-order valence-corrected chi connectivity index (χ4v) is 2.27. The Bertz CT molecular complexity index is 495. The zero-order valence-electron chi connectivity index (χ0n) is 13.4. The average molecular weight is 375 g/mol. The number of halogens is 1. The van der Waals surface area contributed by atoms with Crippen LogP contribution in [0.5, 0.6) is 11.5 Å². The summed E-state index contributed by atoms with van der Waals surface area (Å²) in [4.78, 5) is 13.5. The minimum atomic E-state index is -0.412. The maximum absolute atomic E-state index is 11.5. The van der Waals surface area contributed by atoms with Gasteiger partial charge in [-0.2, -0.15) is 0 Å². The summed E-state index contributed by atoms with van der Waals surface area (Å²) in [7, 11) is 7.07. The number of methoxy groups -OCH3 is 2. The first-order valence-corrected chi connectivity index (χ1v) is 7.73. The Labute approximate surface area is 139 Å². The third-order valence-electron chi connectivity index (χ3n) is 2.99. The summed E-state index contributed by atoms with van der Waals surface area (Å²) in [5, 5.41) is 2.72. The first-order chi connectivity index (χ1) is 10.5. The molecule has 0 atom stereocenters. The van der Waals surface area contributed by atoms with Gasteiger partial charge in [-0.1, -0.05) is 0 Å². The molecular formula is C15H23BrN2O4. The first kappa shape index (κ1) is 18.6. The van der Waals surface area contributed by atoms with E-state index in [9.17, 15) is 4.79 Å². The van der Waals surface area contributed by atoms with Gasteiger partial charge in [0.1, 0.15) is 18.1 Å². The Hall–Kier alpha value is -1.47. The Balaban J connectivity index is 2.48. The number of ether oxygens (including phenoxy) is 3. The molecule has 1 aromatic carbocycles. The van der Waals surface area contributed by atoms with Crippen LogP contribution >= 0.6 is 15.9 Å². The molecule has 0 fully saturated rings. The molecule has 22 heavy (non-hydrogen) atoms. The third-order valence-corrected chi connectivity index (χ3v) is 3.61. The number of hydrogen-bond donors (Lipinski definition) is 1. The van der Waals surface area contributed by atoms with Gasteiger partial charge >= 0.3 is 6.09 Å². The van der Waals surface area contributed by atoms with Crippen LogP contribution in [0, 0.1) is 0 Å². The van der Waals surface area contributed by atoms with Gasteiger partial charge in [-0.25, -0.2) is 4.79 Å². The van der Waals surface area contributed by atoms with Crippen molar-refractivity contribution in [3.8, 4) is 11.5 Å². The van der Waals surface area contributed by atoms with E-state index < -0.39 is 6.09 Å². The normalized spacial score (nSPS) is 10.5. The van der Waals surface area contributed by atoms with E-state index in [2.05, 4.69) is 21.2 Å². The monoisotopic (exact) mass is 374 g/mol. The summed E-state index contributed by atoms with van der Waals surface area (Å²) in [5.41, 5.74) is 0.955. The largest absolute Gasteiger partial charge is 0.496 e. The maximum atomic E-state index is 11.5. The highest BCUT2D eigenvalue weighted by Gasteiger charge is 2.10. The van der Waals surface area contributed by atoms with Crippen LogP contribution in [-0.4, -0.2) is 59.0 Å². The standard InChI is InChI=1S/C15H23BrN2O4/c1-18(2)7-8-22-15(19)17-6-5-11-9-14(21-4)12(16)10-13(11)20-3/h9-10H,5-8H2,1-4H3,(H,17,19). The van der Waals surface area contributed by atoms with E-state index >= 15 is 0 Å². The zero-order valence-corrected chi connectivity index (χ0v) is 15.0. The number of rotatable bonds is 8. The SMILES string of the molecule is COc1cc(CCNC(=O)OCCN(C)C)c(OC)cc1Br. The Morgan fingerprint density at radius 1 is 1.23 bits per heavy atom. The summed E-state index contributed by atoms with van der Waals surface area (Å²) in [6.07, 6.45) is 0.208. The predicted octanol–water partition coefficient (Wildman–Crippen LogP) is 2.30. The van der Waals surface area contributed by atoms with Crippen molar-refractivity contribution in [2.24, 2.45) is 0 Å². The number of nitrogens with zero attached hydrogens (tertiary/aromatic N) is 1. The molecule has 1 aromatic rings. The van der Waals surface area contributed by atoms with E-state index in [1.807, 2.05) is 31.1 Å². The lowest BCUT2D eigenvalue weighted by molar-refractivity contribution is 0.137. The van der Waals surface area contributed by atoms with Gasteiger partial charge < -0.3 is 24.4 Å². The molecule has 0 aliphatic heterocycles. The van der Waals surface area contributed by atoms with Crippen LogP contribution in [0.4, 0.5) is 4.79 Å². The molecule has 7 heteroatoms. The van der Waals surface area contributed by atoms with Gasteiger partial charge in [-0.3, -0.25) is 0 Å². The lowest BCUT2D eigenvalue weighted by atomic mass is 10.1. The molecule has 0 saturated carbocycles. The van der Waals surface area contributed by atoms with Crippen LogP contribution in [0.25, 0.3) is 0 Å². The van der Waals surface area contributed by atoms with Crippen molar-refractivity contribution in [3.63, 3.8) is 0 Å². The van der Waals surface area contributed by atoms with E-state index in [4.69, 9.17) is 14.2 Å². The number of amides is 1. The lowest BCUT2D eigenvalue weighted by Gasteiger charge is -2.13. The van der Waals surface area contributed by atoms with E-state index in [-0.39, 0.29) is 0 Å². The van der Waals surface area contributed by atoms with E-state index in [0.717, 1.165) is 21.5 Å². The van der Waals surface area contributed by atoms with Crippen molar-refractivity contribution in [1.29, 1.82) is 0 Å². The highest BCUT2D eigenvalue weighted by atomic mass is 79.9. The second kappa shape index (κ2) is 9.53. The molecule has 0 unspecified atom stereocenters. The van der Waals surface area contributed by atoms with Crippen LogP contribution in [-0.2, 0) is 11.2 Å². The molecule has 0 aliphatic rings. The number of alkyl carbamates (subject to hydrolysis) is 1. The molecule has 124 valence electrons. The molecule has 1 amide bonds. The number of carbonyl (C=O) groups excluding carboxylic acids is 1. The fraction of sp³-hybridized carbons (Fsp3) is 0.533. The van der Waals surface area contributed by atoms with Crippen LogP contribution in [0.1, 0.15) is 5.56 Å². The van der Waals surface area contributed by atoms with Crippen molar-refractivity contribution in [2.45, 2.75) is 6.42 Å². The molecule has 0 bridgehead atoms. The summed E-state index contributed by atoms with van der Waals surface area (Å²) < 4.78 is 16.5. The molecule has 0 aliphatic carbocycles. The number of benzene rings is 1. The Morgan fingerprint density at radius 3 is 2.50 bits per heavy atom. The van der Waals surface area contributed by atoms with Crippen molar-refractivity contribution < 1.29 is 19.0 Å². The maximum Gasteiger partial charge on any atom is 0.407 e. The van der Waals surface area contributed by atoms with Gasteiger partial charge in [0, 0.05) is 13.1 Å². The van der Waals surface area contributed by atoms with Gasteiger partial charge in [0.15, 0.2) is 0 Å². The fourth-order valence-electron chi connectivity index (χ4n) is 1.79. The summed E-state index contributed by atoms with van der Waals surface area (Å²) in [6.45, 7) is 1.53. The molecular weight excluding hydrogens is 352 g/mol. The smallest absolute Gasteiger partial charge is 0.407 e. The summed E-state index contributed by atoms with van der Waals surface area (Å²) in [5.74, 6) is 1.47. The van der Waals surface area contributed by atoms with Gasteiger partial charge in [-0.05, 0) is 54.1 Å². The number of likely N-dealkylation sites (N-methyl/N-ethyl adjacent to an activating group) is 1.